The van der Waals surface area contributed by atoms with Crippen molar-refractivity contribution in [2.24, 2.45) is 0 Å². The largest absolute Gasteiger partial charge is 0.495 e. The molecule has 2 N–H and O–H groups in total. The van der Waals surface area contributed by atoms with Crippen LogP contribution in [-0.2, 0) is 16.4 Å². The minimum absolute atomic E-state index is 0.0198. The number of nitrogens with zero attached hydrogens (tertiary/aromatic N) is 4. The lowest BCUT2D eigenvalue weighted by molar-refractivity contribution is 0.0577. The molecular formula is C28H31N5O5S. The van der Waals surface area contributed by atoms with Crippen LogP contribution >= 0.6 is 0 Å². The zero-order chi connectivity index (χ0) is 27.8. The summed E-state index contributed by atoms with van der Waals surface area (Å²) in [7, 11) is -1.55. The summed E-state index contributed by atoms with van der Waals surface area (Å²) in [6.07, 6.45) is 5.48. The second-order valence-corrected chi connectivity index (χ2v) is 12.7. The van der Waals surface area contributed by atoms with Crippen molar-refractivity contribution in [1.29, 1.82) is 0 Å². The molecule has 5 rings (SSSR count). The molecule has 1 amide bonds. The summed E-state index contributed by atoms with van der Waals surface area (Å²) in [4.78, 5) is 19.0. The summed E-state index contributed by atoms with van der Waals surface area (Å²) >= 11 is 0. The molecule has 4 aromatic rings. The number of hydrogen-bond acceptors (Lipinski definition) is 8. The summed E-state index contributed by atoms with van der Waals surface area (Å²) in [6.45, 7) is 4.26. The molecule has 2 aromatic carbocycles. The zero-order valence-corrected chi connectivity index (χ0v) is 22.9. The third kappa shape index (κ3) is 6.21. The fraction of sp³-hybridized carbons (Fsp3) is 0.321. The van der Waals surface area contributed by atoms with Crippen LogP contribution in [0.3, 0.4) is 0 Å². The van der Waals surface area contributed by atoms with Crippen LogP contribution in [0.25, 0.3) is 21.9 Å². The van der Waals surface area contributed by atoms with Crippen molar-refractivity contribution in [3.8, 4) is 16.9 Å². The van der Waals surface area contributed by atoms with E-state index in [1.807, 2.05) is 24.4 Å². The number of carbonyl (C=O) groups excluding carboxylic acids is 1. The van der Waals surface area contributed by atoms with Gasteiger partial charge in [-0.15, -0.1) is 0 Å². The summed E-state index contributed by atoms with van der Waals surface area (Å²) in [5.74, 6) is 0.815. The topological polar surface area (TPSA) is 127 Å². The summed E-state index contributed by atoms with van der Waals surface area (Å²) in [5, 5.41) is 19.7. The van der Waals surface area contributed by atoms with Gasteiger partial charge in [0.25, 0.3) is 5.91 Å². The van der Waals surface area contributed by atoms with Crippen LogP contribution in [0, 0.1) is 0 Å². The molecule has 0 atom stereocenters. The van der Waals surface area contributed by atoms with Gasteiger partial charge in [-0.05, 0) is 55.1 Å². The van der Waals surface area contributed by atoms with Crippen molar-refractivity contribution in [2.75, 3.05) is 37.0 Å². The molecule has 11 heteroatoms. The van der Waals surface area contributed by atoms with Gasteiger partial charge in [0.1, 0.15) is 11.6 Å². The predicted molar refractivity (Wildman–Crippen MR) is 150 cm³/mol. The van der Waals surface area contributed by atoms with Crippen LogP contribution in [0.15, 0.2) is 61.1 Å². The molecule has 2 aromatic heterocycles. The van der Waals surface area contributed by atoms with Crippen molar-refractivity contribution < 1.29 is 23.1 Å². The highest BCUT2D eigenvalue weighted by Crippen LogP contribution is 2.31. The molecule has 0 bridgehead atoms. The average Bonchev–Trinajstić information content (AvgIpc) is 3.35. The van der Waals surface area contributed by atoms with Crippen molar-refractivity contribution in [1.82, 2.24) is 19.7 Å². The monoisotopic (exact) mass is 549 g/mol. The van der Waals surface area contributed by atoms with E-state index in [0.29, 0.717) is 29.4 Å². The Labute approximate surface area is 227 Å². The second kappa shape index (κ2) is 10.3. The number of fused-ring (bicyclic) bond motifs is 1. The highest BCUT2D eigenvalue weighted by molar-refractivity contribution is 7.91. The van der Waals surface area contributed by atoms with Gasteiger partial charge in [0.15, 0.2) is 9.84 Å². The third-order valence-corrected chi connectivity index (χ3v) is 8.19. The lowest BCUT2D eigenvalue weighted by Crippen LogP contribution is -2.43. The van der Waals surface area contributed by atoms with Crippen LogP contribution < -0.4 is 10.1 Å². The highest BCUT2D eigenvalue weighted by Gasteiger charge is 2.26. The van der Waals surface area contributed by atoms with Crippen LogP contribution in [0.1, 0.15) is 24.2 Å². The number of anilines is 2. The Morgan fingerprint density at radius 2 is 1.82 bits per heavy atom. The molecule has 1 aliphatic heterocycles. The fourth-order valence-corrected chi connectivity index (χ4v) is 5.75. The van der Waals surface area contributed by atoms with Crippen molar-refractivity contribution in [3.05, 3.63) is 66.6 Å². The summed E-state index contributed by atoms with van der Waals surface area (Å²) < 4.78 is 30.7. The maximum atomic E-state index is 12.9. The van der Waals surface area contributed by atoms with Crippen molar-refractivity contribution in [3.63, 3.8) is 0 Å². The lowest BCUT2D eigenvalue weighted by atomic mass is 10.0. The van der Waals surface area contributed by atoms with Gasteiger partial charge in [-0.25, -0.2) is 13.4 Å². The van der Waals surface area contributed by atoms with Crippen LogP contribution in [-0.4, -0.2) is 76.4 Å². The van der Waals surface area contributed by atoms with E-state index in [0.717, 1.165) is 21.9 Å². The number of pyridine rings is 1. The number of sulfone groups is 1. The SMILES string of the molecule is COc1cc(C(=O)N2CCS(=O)(=O)CC2)ccc1Nc1cc2cc(-c3cnn(CC(C)(C)O)c3)ccc2cn1. The fourth-order valence-electron chi connectivity index (χ4n) is 4.55. The Morgan fingerprint density at radius 3 is 2.54 bits per heavy atom. The van der Waals surface area contributed by atoms with E-state index in [1.165, 1.54) is 7.11 Å². The van der Waals surface area contributed by atoms with E-state index in [9.17, 15) is 18.3 Å². The van der Waals surface area contributed by atoms with Gasteiger partial charge in [0.05, 0.1) is 42.6 Å². The Kier molecular flexibility index (Phi) is 7.04. The van der Waals surface area contributed by atoms with Gasteiger partial charge >= 0.3 is 0 Å². The smallest absolute Gasteiger partial charge is 0.254 e. The number of nitrogens with one attached hydrogen (secondary N) is 1. The normalized spacial score (nSPS) is 15.3. The van der Waals surface area contributed by atoms with E-state index in [4.69, 9.17) is 4.74 Å². The Morgan fingerprint density at radius 1 is 1.05 bits per heavy atom. The van der Waals surface area contributed by atoms with E-state index >= 15 is 0 Å². The Balaban J connectivity index is 1.35. The Bertz CT molecular complexity index is 1630. The average molecular weight is 550 g/mol. The number of aromatic nitrogens is 3. The van der Waals surface area contributed by atoms with E-state index < -0.39 is 15.4 Å². The molecule has 0 saturated carbocycles. The second-order valence-electron chi connectivity index (χ2n) is 10.4. The van der Waals surface area contributed by atoms with Crippen LogP contribution in [0.4, 0.5) is 11.5 Å². The first-order valence-electron chi connectivity index (χ1n) is 12.6. The molecule has 204 valence electrons. The number of ether oxygens (including phenoxy) is 1. The van der Waals surface area contributed by atoms with Gasteiger partial charge in [-0.3, -0.25) is 9.48 Å². The van der Waals surface area contributed by atoms with Gasteiger partial charge in [0.2, 0.25) is 0 Å². The standard InChI is InChI=1S/C28H31N5O5S/c1-28(2,35)18-33-17-23(16-30-33)19-4-5-21-15-29-26(14-22(21)12-19)31-24-7-6-20(13-25(24)38-3)27(34)32-8-10-39(36,37)11-9-32/h4-7,12-17,35H,8-11,18H2,1-3H3,(H,29,31). The first-order valence-corrected chi connectivity index (χ1v) is 14.4. The molecular weight excluding hydrogens is 518 g/mol. The molecule has 0 radical (unpaired) electrons. The molecule has 39 heavy (non-hydrogen) atoms. The first kappa shape index (κ1) is 26.6. The van der Waals surface area contributed by atoms with E-state index in [-0.39, 0.29) is 30.5 Å². The summed E-state index contributed by atoms with van der Waals surface area (Å²) in [5.41, 5.74) is 2.15. The van der Waals surface area contributed by atoms with Gasteiger partial charge in [-0.2, -0.15) is 5.10 Å². The zero-order valence-electron chi connectivity index (χ0n) is 22.1. The number of amides is 1. The van der Waals surface area contributed by atoms with Gasteiger partial charge < -0.3 is 20.1 Å². The van der Waals surface area contributed by atoms with E-state index in [1.54, 1.807) is 54.0 Å². The van der Waals surface area contributed by atoms with Gasteiger partial charge in [0, 0.05) is 42.0 Å². The highest BCUT2D eigenvalue weighted by atomic mass is 32.2. The third-order valence-electron chi connectivity index (χ3n) is 6.58. The molecule has 1 saturated heterocycles. The number of rotatable bonds is 7. The Hall–Kier alpha value is -3.96. The van der Waals surface area contributed by atoms with Crippen molar-refractivity contribution >= 4 is 38.0 Å². The molecule has 0 aliphatic carbocycles. The van der Waals surface area contributed by atoms with Crippen LogP contribution in [0.5, 0.6) is 5.75 Å². The number of carbonyl (C=O) groups is 1. The number of benzene rings is 2. The summed E-state index contributed by atoms with van der Waals surface area (Å²) in [6, 6.07) is 13.1. The van der Waals surface area contributed by atoms with Gasteiger partial charge in [-0.1, -0.05) is 12.1 Å². The van der Waals surface area contributed by atoms with Crippen LogP contribution in [0.2, 0.25) is 0 Å². The predicted octanol–water partition coefficient (Wildman–Crippen LogP) is 3.49. The molecule has 1 aliphatic rings. The minimum Gasteiger partial charge on any atom is -0.495 e. The lowest BCUT2D eigenvalue weighted by Gasteiger charge is -2.27. The maximum absolute atomic E-state index is 12.9. The van der Waals surface area contributed by atoms with Crippen molar-refractivity contribution in [2.45, 2.75) is 26.0 Å². The first-order chi connectivity index (χ1) is 18.5. The van der Waals surface area contributed by atoms with E-state index in [2.05, 4.69) is 21.5 Å². The quantitative estimate of drug-likeness (QED) is 0.359. The number of methoxy groups -OCH3 is 1. The maximum Gasteiger partial charge on any atom is 0.254 e. The molecule has 1 fully saturated rings. The molecule has 0 unspecified atom stereocenters. The molecule has 0 spiro atoms. The molecule has 10 nitrogen and oxygen atoms in total. The number of aliphatic hydroxyl groups is 1. The molecule has 3 heterocycles. The number of hydrogen-bond donors (Lipinski definition) is 2. The minimum atomic E-state index is -3.07.